The molecule has 0 saturated heterocycles. The van der Waals surface area contributed by atoms with Crippen molar-refractivity contribution in [3.05, 3.63) is 75.8 Å². The summed E-state index contributed by atoms with van der Waals surface area (Å²) in [5.41, 5.74) is 2.57. The summed E-state index contributed by atoms with van der Waals surface area (Å²) in [6.45, 7) is 0.356. The molecule has 4 aromatic heterocycles. The molecule has 1 N–H and O–H groups in total. The first kappa shape index (κ1) is 17.9. The van der Waals surface area contributed by atoms with Gasteiger partial charge < -0.3 is 14.4 Å². The van der Waals surface area contributed by atoms with Gasteiger partial charge in [0.25, 0.3) is 0 Å². The summed E-state index contributed by atoms with van der Waals surface area (Å²) in [7, 11) is 1.57. The molecule has 140 valence electrons. The van der Waals surface area contributed by atoms with Crippen LogP contribution in [0.2, 0.25) is 0 Å². The second-order valence-corrected chi connectivity index (χ2v) is 6.98. The van der Waals surface area contributed by atoms with Gasteiger partial charge in [0.05, 0.1) is 29.6 Å². The van der Waals surface area contributed by atoms with Crippen molar-refractivity contribution in [1.82, 2.24) is 14.5 Å². The number of aromatic carboxylic acids is 1. The number of thiophene rings is 1. The number of aromatic nitrogens is 3. The standard InChI is InChI=1S/C20H15N3O4S/c1-27-17-5-3-13(9-22-17)12-2-4-14(21-8-12)10-23-11-15(20(25)26)18(24)19-16(23)6-7-28-19/h2-9,11H,10H2,1H3,(H,25,26). The van der Waals surface area contributed by atoms with E-state index in [4.69, 9.17) is 4.74 Å². The van der Waals surface area contributed by atoms with E-state index in [1.54, 1.807) is 35.5 Å². The van der Waals surface area contributed by atoms with E-state index in [0.717, 1.165) is 16.8 Å². The Balaban J connectivity index is 1.66. The number of hydrogen-bond donors (Lipinski definition) is 1. The minimum atomic E-state index is -1.23. The Kier molecular flexibility index (Phi) is 4.62. The molecular formula is C20H15N3O4S. The maximum Gasteiger partial charge on any atom is 0.341 e. The molecule has 28 heavy (non-hydrogen) atoms. The fourth-order valence-corrected chi connectivity index (χ4v) is 3.78. The lowest BCUT2D eigenvalue weighted by Crippen LogP contribution is -2.18. The molecule has 0 bridgehead atoms. The zero-order valence-corrected chi connectivity index (χ0v) is 15.6. The zero-order chi connectivity index (χ0) is 19.7. The van der Waals surface area contributed by atoms with Crippen molar-refractivity contribution in [3.8, 4) is 17.0 Å². The second-order valence-electron chi connectivity index (χ2n) is 6.07. The van der Waals surface area contributed by atoms with Gasteiger partial charge in [0.15, 0.2) is 0 Å². The Morgan fingerprint density at radius 3 is 2.50 bits per heavy atom. The second kappa shape index (κ2) is 7.24. The number of hydrogen-bond acceptors (Lipinski definition) is 6. The maximum absolute atomic E-state index is 12.3. The van der Waals surface area contributed by atoms with E-state index in [0.29, 0.717) is 22.6 Å². The summed E-state index contributed by atoms with van der Waals surface area (Å²) >= 11 is 1.24. The Morgan fingerprint density at radius 2 is 1.89 bits per heavy atom. The van der Waals surface area contributed by atoms with E-state index in [2.05, 4.69) is 9.97 Å². The van der Waals surface area contributed by atoms with Crippen LogP contribution in [0.15, 0.2) is 59.1 Å². The smallest absolute Gasteiger partial charge is 0.341 e. The predicted molar refractivity (Wildman–Crippen MR) is 106 cm³/mol. The molecule has 0 radical (unpaired) electrons. The molecule has 0 amide bonds. The molecule has 0 spiro atoms. The van der Waals surface area contributed by atoms with Gasteiger partial charge in [-0.25, -0.2) is 9.78 Å². The summed E-state index contributed by atoms with van der Waals surface area (Å²) in [6, 6.07) is 9.29. The van der Waals surface area contributed by atoms with Gasteiger partial charge in [-0.15, -0.1) is 11.3 Å². The first-order valence-electron chi connectivity index (χ1n) is 8.36. The quantitative estimate of drug-likeness (QED) is 0.559. The van der Waals surface area contributed by atoms with Crippen molar-refractivity contribution in [2.75, 3.05) is 7.11 Å². The molecule has 0 saturated carbocycles. The summed E-state index contributed by atoms with van der Waals surface area (Å²) in [4.78, 5) is 32.3. The summed E-state index contributed by atoms with van der Waals surface area (Å²) < 4.78 is 7.24. The van der Waals surface area contributed by atoms with Crippen molar-refractivity contribution in [2.45, 2.75) is 6.54 Å². The van der Waals surface area contributed by atoms with Crippen LogP contribution in [0.4, 0.5) is 0 Å². The minimum absolute atomic E-state index is 0.240. The summed E-state index contributed by atoms with van der Waals surface area (Å²) in [5.74, 6) is -0.690. The van der Waals surface area contributed by atoms with Crippen LogP contribution in [0, 0.1) is 0 Å². The lowest BCUT2D eigenvalue weighted by atomic mass is 10.1. The van der Waals surface area contributed by atoms with E-state index >= 15 is 0 Å². The molecule has 7 nitrogen and oxygen atoms in total. The van der Waals surface area contributed by atoms with Crippen LogP contribution in [-0.4, -0.2) is 32.7 Å². The highest BCUT2D eigenvalue weighted by atomic mass is 32.1. The molecule has 0 aliphatic carbocycles. The number of pyridine rings is 3. The van der Waals surface area contributed by atoms with Crippen LogP contribution < -0.4 is 10.2 Å². The first-order chi connectivity index (χ1) is 13.6. The fourth-order valence-electron chi connectivity index (χ4n) is 2.92. The Labute approximate surface area is 163 Å². The van der Waals surface area contributed by atoms with Gasteiger partial charge in [0.1, 0.15) is 5.56 Å². The number of carboxylic acid groups (broad SMARTS) is 1. The van der Waals surface area contributed by atoms with Crippen LogP contribution in [0.5, 0.6) is 5.88 Å². The van der Waals surface area contributed by atoms with Gasteiger partial charge >= 0.3 is 5.97 Å². The number of nitrogens with zero attached hydrogens (tertiary/aromatic N) is 3. The number of ether oxygens (including phenoxy) is 1. The highest BCUT2D eigenvalue weighted by Gasteiger charge is 2.15. The average Bonchev–Trinajstić information content (AvgIpc) is 3.21. The largest absolute Gasteiger partial charge is 0.481 e. The van der Waals surface area contributed by atoms with Crippen LogP contribution in [0.25, 0.3) is 21.3 Å². The summed E-state index contributed by atoms with van der Waals surface area (Å²) in [6.07, 6.45) is 4.83. The third kappa shape index (κ3) is 3.25. The third-order valence-corrected chi connectivity index (χ3v) is 5.26. The van der Waals surface area contributed by atoms with E-state index < -0.39 is 11.4 Å². The molecule has 4 rings (SSSR count). The number of fused-ring (bicyclic) bond motifs is 1. The number of carbonyl (C=O) groups is 1. The van der Waals surface area contributed by atoms with Gasteiger partial charge in [-0.3, -0.25) is 9.78 Å². The Hall–Kier alpha value is -3.52. The first-order valence-corrected chi connectivity index (χ1v) is 9.24. The predicted octanol–water partition coefficient (Wildman–Crippen LogP) is 3.28. The minimum Gasteiger partial charge on any atom is -0.481 e. The van der Waals surface area contributed by atoms with Crippen molar-refractivity contribution in [1.29, 1.82) is 0 Å². The van der Waals surface area contributed by atoms with Gasteiger partial charge in [0, 0.05) is 35.8 Å². The normalized spacial score (nSPS) is 10.9. The van der Waals surface area contributed by atoms with Crippen LogP contribution in [0.1, 0.15) is 16.1 Å². The van der Waals surface area contributed by atoms with Crippen LogP contribution in [-0.2, 0) is 6.54 Å². The molecule has 0 aliphatic rings. The van der Waals surface area contributed by atoms with E-state index in [9.17, 15) is 14.7 Å². The average molecular weight is 393 g/mol. The van der Waals surface area contributed by atoms with Crippen LogP contribution >= 0.6 is 11.3 Å². The van der Waals surface area contributed by atoms with Crippen molar-refractivity contribution < 1.29 is 14.6 Å². The maximum atomic E-state index is 12.3. The van der Waals surface area contributed by atoms with Gasteiger partial charge in [-0.05, 0) is 23.6 Å². The van der Waals surface area contributed by atoms with Crippen molar-refractivity contribution in [3.63, 3.8) is 0 Å². The van der Waals surface area contributed by atoms with Gasteiger partial charge in [-0.1, -0.05) is 6.07 Å². The van der Waals surface area contributed by atoms with E-state index in [-0.39, 0.29) is 5.56 Å². The molecule has 0 unspecified atom stereocenters. The molecule has 8 heteroatoms. The third-order valence-electron chi connectivity index (χ3n) is 4.36. The van der Waals surface area contributed by atoms with Crippen LogP contribution in [0.3, 0.4) is 0 Å². The highest BCUT2D eigenvalue weighted by molar-refractivity contribution is 7.17. The topological polar surface area (TPSA) is 94.3 Å². The fraction of sp³-hybridized carbons (Fsp3) is 0.100. The lowest BCUT2D eigenvalue weighted by Gasteiger charge is -2.10. The molecule has 0 fully saturated rings. The number of rotatable bonds is 5. The molecule has 4 heterocycles. The molecular weight excluding hydrogens is 378 g/mol. The van der Waals surface area contributed by atoms with E-state index in [1.165, 1.54) is 17.5 Å². The van der Waals surface area contributed by atoms with E-state index in [1.807, 2.05) is 24.3 Å². The SMILES string of the molecule is COc1ccc(-c2ccc(Cn3cc(C(=O)O)c(=O)c4sccc43)nc2)cn1. The van der Waals surface area contributed by atoms with Crippen molar-refractivity contribution in [2.24, 2.45) is 0 Å². The number of carboxylic acids is 1. The molecule has 0 atom stereocenters. The number of methoxy groups -OCH3 is 1. The zero-order valence-electron chi connectivity index (χ0n) is 14.8. The Bertz CT molecular complexity index is 1210. The molecule has 0 aromatic carbocycles. The van der Waals surface area contributed by atoms with Gasteiger partial charge in [-0.2, -0.15) is 0 Å². The molecule has 0 aliphatic heterocycles. The highest BCUT2D eigenvalue weighted by Crippen LogP contribution is 2.22. The van der Waals surface area contributed by atoms with Gasteiger partial charge in [0.2, 0.25) is 11.3 Å². The molecule has 4 aromatic rings. The lowest BCUT2D eigenvalue weighted by molar-refractivity contribution is 0.0695. The Morgan fingerprint density at radius 1 is 1.14 bits per heavy atom. The summed E-state index contributed by atoms with van der Waals surface area (Å²) in [5, 5.41) is 11.1. The van der Waals surface area contributed by atoms with Crippen molar-refractivity contribution >= 4 is 27.5 Å². The monoisotopic (exact) mass is 393 g/mol.